The third-order valence-electron chi connectivity index (χ3n) is 3.05. The van der Waals surface area contributed by atoms with E-state index in [0.29, 0.717) is 9.24 Å². The van der Waals surface area contributed by atoms with Gasteiger partial charge in [0.2, 0.25) is 0 Å². The first-order valence-corrected chi connectivity index (χ1v) is 7.04. The van der Waals surface area contributed by atoms with Crippen molar-refractivity contribution in [1.82, 2.24) is 9.55 Å². The molecule has 0 atom stereocenters. The molecule has 3 aromatic rings. The highest BCUT2D eigenvalue weighted by atomic mass is 79.9. The van der Waals surface area contributed by atoms with Crippen molar-refractivity contribution >= 4 is 39.2 Å². The first-order chi connectivity index (χ1) is 9.60. The fourth-order valence-corrected chi connectivity index (χ4v) is 2.77. The molecule has 2 aromatic carbocycles. The van der Waals surface area contributed by atoms with Crippen LogP contribution in [0.1, 0.15) is 0 Å². The molecular formula is C14H10BrFN2OS. The van der Waals surface area contributed by atoms with Crippen LogP contribution in [0.2, 0.25) is 0 Å². The van der Waals surface area contributed by atoms with E-state index >= 15 is 0 Å². The number of rotatable bonds is 2. The molecule has 0 saturated carbocycles. The molecule has 0 spiro atoms. The zero-order valence-electron chi connectivity index (χ0n) is 10.5. The number of benzene rings is 2. The SMILES string of the molecule is COc1ccc2[nH]c(=S)n(-c3ccc(F)c(Br)c3)c2c1. The molecule has 20 heavy (non-hydrogen) atoms. The normalized spacial score (nSPS) is 10.9. The van der Waals surface area contributed by atoms with Gasteiger partial charge >= 0.3 is 0 Å². The fraction of sp³-hybridized carbons (Fsp3) is 0.0714. The molecule has 0 radical (unpaired) electrons. The molecule has 0 aliphatic rings. The van der Waals surface area contributed by atoms with Crippen molar-refractivity contribution in [1.29, 1.82) is 0 Å². The summed E-state index contributed by atoms with van der Waals surface area (Å²) in [6.07, 6.45) is 0. The van der Waals surface area contributed by atoms with Crippen LogP contribution in [-0.2, 0) is 0 Å². The lowest BCUT2D eigenvalue weighted by Gasteiger charge is -2.06. The van der Waals surface area contributed by atoms with E-state index in [0.717, 1.165) is 22.5 Å². The molecular weight excluding hydrogens is 343 g/mol. The largest absolute Gasteiger partial charge is 0.497 e. The van der Waals surface area contributed by atoms with E-state index in [2.05, 4.69) is 20.9 Å². The van der Waals surface area contributed by atoms with Crippen LogP contribution in [0.25, 0.3) is 16.7 Å². The number of nitrogens with zero attached hydrogens (tertiary/aromatic N) is 1. The van der Waals surface area contributed by atoms with Gasteiger partial charge in [0, 0.05) is 11.8 Å². The van der Waals surface area contributed by atoms with Crippen molar-refractivity contribution in [3.8, 4) is 11.4 Å². The Bertz CT molecular complexity index is 856. The van der Waals surface area contributed by atoms with Gasteiger partial charge in [-0.2, -0.15) is 0 Å². The highest BCUT2D eigenvalue weighted by Gasteiger charge is 2.09. The minimum atomic E-state index is -0.308. The van der Waals surface area contributed by atoms with Crippen LogP contribution in [0.4, 0.5) is 4.39 Å². The van der Waals surface area contributed by atoms with Gasteiger partial charge in [-0.1, -0.05) is 0 Å². The lowest BCUT2D eigenvalue weighted by Crippen LogP contribution is -1.95. The van der Waals surface area contributed by atoms with E-state index in [1.165, 1.54) is 6.07 Å². The number of imidazole rings is 1. The third-order valence-corrected chi connectivity index (χ3v) is 3.94. The highest BCUT2D eigenvalue weighted by molar-refractivity contribution is 9.10. The molecule has 0 amide bonds. The highest BCUT2D eigenvalue weighted by Crippen LogP contribution is 2.26. The zero-order valence-corrected chi connectivity index (χ0v) is 12.9. The van der Waals surface area contributed by atoms with E-state index in [1.807, 2.05) is 22.8 Å². The summed E-state index contributed by atoms with van der Waals surface area (Å²) in [7, 11) is 1.61. The average molecular weight is 353 g/mol. The van der Waals surface area contributed by atoms with Gasteiger partial charge < -0.3 is 9.72 Å². The number of fused-ring (bicyclic) bond motifs is 1. The summed E-state index contributed by atoms with van der Waals surface area (Å²) >= 11 is 8.54. The van der Waals surface area contributed by atoms with Gasteiger partial charge in [-0.15, -0.1) is 0 Å². The molecule has 1 heterocycles. The first-order valence-electron chi connectivity index (χ1n) is 5.84. The van der Waals surface area contributed by atoms with Crippen LogP contribution in [-0.4, -0.2) is 16.7 Å². The topological polar surface area (TPSA) is 29.9 Å². The summed E-state index contributed by atoms with van der Waals surface area (Å²) in [5.74, 6) is 0.430. The summed E-state index contributed by atoms with van der Waals surface area (Å²) in [6.45, 7) is 0. The minimum absolute atomic E-state index is 0.308. The van der Waals surface area contributed by atoms with Gasteiger partial charge in [0.15, 0.2) is 4.77 Å². The number of methoxy groups -OCH3 is 1. The van der Waals surface area contributed by atoms with E-state index in [9.17, 15) is 4.39 Å². The molecule has 3 rings (SSSR count). The van der Waals surface area contributed by atoms with Crippen molar-refractivity contribution < 1.29 is 9.13 Å². The molecule has 0 aliphatic carbocycles. The Morgan fingerprint density at radius 2 is 2.05 bits per heavy atom. The number of H-pyrrole nitrogens is 1. The Kier molecular flexibility index (Phi) is 3.35. The Morgan fingerprint density at radius 3 is 2.75 bits per heavy atom. The van der Waals surface area contributed by atoms with Crippen LogP contribution in [0.5, 0.6) is 5.75 Å². The monoisotopic (exact) mass is 352 g/mol. The Morgan fingerprint density at radius 1 is 1.25 bits per heavy atom. The Hall–Kier alpha value is -1.66. The molecule has 0 bridgehead atoms. The van der Waals surface area contributed by atoms with Gasteiger partial charge in [-0.3, -0.25) is 4.57 Å². The quantitative estimate of drug-likeness (QED) is 0.683. The van der Waals surface area contributed by atoms with E-state index in [4.69, 9.17) is 17.0 Å². The van der Waals surface area contributed by atoms with Crippen LogP contribution in [0, 0.1) is 10.6 Å². The fourth-order valence-electron chi connectivity index (χ4n) is 2.09. The average Bonchev–Trinajstić information content (AvgIpc) is 2.77. The number of hydrogen-bond donors (Lipinski definition) is 1. The maximum Gasteiger partial charge on any atom is 0.182 e. The Labute approximate surface area is 128 Å². The van der Waals surface area contributed by atoms with Gasteiger partial charge in [0.1, 0.15) is 11.6 Å². The van der Waals surface area contributed by atoms with Crippen LogP contribution < -0.4 is 4.74 Å². The summed E-state index contributed by atoms with van der Waals surface area (Å²) in [5, 5.41) is 0. The van der Waals surface area contributed by atoms with E-state index in [-0.39, 0.29) is 5.82 Å². The number of aromatic amines is 1. The Balaban J connectivity index is 2.31. The van der Waals surface area contributed by atoms with Gasteiger partial charge in [0.05, 0.1) is 22.6 Å². The summed E-state index contributed by atoms with van der Waals surface area (Å²) in [6, 6.07) is 10.4. The minimum Gasteiger partial charge on any atom is -0.497 e. The smallest absolute Gasteiger partial charge is 0.182 e. The molecule has 0 fully saturated rings. The van der Waals surface area contributed by atoms with Crippen molar-refractivity contribution in [2.75, 3.05) is 7.11 Å². The van der Waals surface area contributed by atoms with Crippen LogP contribution in [0.15, 0.2) is 40.9 Å². The second-order valence-electron chi connectivity index (χ2n) is 4.25. The lowest BCUT2D eigenvalue weighted by molar-refractivity contribution is 0.415. The van der Waals surface area contributed by atoms with Crippen LogP contribution in [0.3, 0.4) is 0 Å². The maximum absolute atomic E-state index is 13.4. The van der Waals surface area contributed by atoms with Gasteiger partial charge in [-0.05, 0) is 58.5 Å². The number of ether oxygens (including phenoxy) is 1. The molecule has 1 aromatic heterocycles. The van der Waals surface area contributed by atoms with Crippen LogP contribution >= 0.6 is 28.1 Å². The zero-order chi connectivity index (χ0) is 14.3. The van der Waals surface area contributed by atoms with Gasteiger partial charge in [-0.25, -0.2) is 4.39 Å². The second-order valence-corrected chi connectivity index (χ2v) is 5.49. The van der Waals surface area contributed by atoms with E-state index in [1.54, 1.807) is 19.2 Å². The number of hydrogen-bond acceptors (Lipinski definition) is 2. The maximum atomic E-state index is 13.4. The lowest BCUT2D eigenvalue weighted by atomic mass is 10.2. The second kappa shape index (κ2) is 5.03. The summed E-state index contributed by atoms with van der Waals surface area (Å²) in [5.41, 5.74) is 2.56. The first kappa shape index (κ1) is 13.3. The summed E-state index contributed by atoms with van der Waals surface area (Å²) < 4.78 is 21.4. The van der Waals surface area contributed by atoms with E-state index < -0.39 is 0 Å². The molecule has 102 valence electrons. The molecule has 0 saturated heterocycles. The van der Waals surface area contributed by atoms with Crippen molar-refractivity contribution in [2.24, 2.45) is 0 Å². The summed E-state index contributed by atoms with van der Waals surface area (Å²) in [4.78, 5) is 3.12. The molecule has 0 aliphatic heterocycles. The number of nitrogens with one attached hydrogen (secondary N) is 1. The predicted molar refractivity (Wildman–Crippen MR) is 82.7 cm³/mol. The third kappa shape index (κ3) is 2.14. The predicted octanol–water partition coefficient (Wildman–Crippen LogP) is 4.60. The number of halogens is 2. The standard InChI is InChI=1S/C14H10BrFN2OS/c1-19-9-3-5-12-13(7-9)18(14(20)17-12)8-2-4-11(16)10(15)6-8/h2-7H,1H3,(H,17,20). The van der Waals surface area contributed by atoms with Crippen molar-refractivity contribution in [2.45, 2.75) is 0 Å². The molecule has 3 nitrogen and oxygen atoms in total. The molecule has 0 unspecified atom stereocenters. The number of aromatic nitrogens is 2. The van der Waals surface area contributed by atoms with Crippen molar-refractivity contribution in [3.63, 3.8) is 0 Å². The van der Waals surface area contributed by atoms with Gasteiger partial charge in [0.25, 0.3) is 0 Å². The van der Waals surface area contributed by atoms with Crippen molar-refractivity contribution in [3.05, 3.63) is 51.5 Å². The molecule has 1 N–H and O–H groups in total. The molecule has 6 heteroatoms.